The minimum atomic E-state index is -3.66. The van der Waals surface area contributed by atoms with Crippen molar-refractivity contribution in [2.45, 2.75) is 46.2 Å². The third kappa shape index (κ3) is 5.50. The Hall–Kier alpha value is -2.54. The summed E-state index contributed by atoms with van der Waals surface area (Å²) in [5.74, 6) is 0.389. The van der Waals surface area contributed by atoms with Gasteiger partial charge in [-0.3, -0.25) is 9.10 Å². The Balaban J connectivity index is 2.31. The number of aryl methyl sites for hydroxylation is 2. The Bertz CT molecular complexity index is 955. The zero-order chi connectivity index (χ0) is 21.8. The summed E-state index contributed by atoms with van der Waals surface area (Å²) in [6.45, 7) is 7.31. The number of sulfonamides is 1. The predicted molar refractivity (Wildman–Crippen MR) is 117 cm³/mol. The highest BCUT2D eigenvalue weighted by molar-refractivity contribution is 7.92. The van der Waals surface area contributed by atoms with Crippen molar-refractivity contribution in [3.63, 3.8) is 0 Å². The van der Waals surface area contributed by atoms with Crippen LogP contribution >= 0.6 is 0 Å². The molecule has 158 valence electrons. The third-order valence-electron chi connectivity index (χ3n) is 4.93. The first-order valence-corrected chi connectivity index (χ1v) is 11.4. The molecule has 0 aromatic heterocycles. The highest BCUT2D eigenvalue weighted by atomic mass is 32.2. The number of anilines is 1. The van der Waals surface area contributed by atoms with Crippen molar-refractivity contribution in [1.29, 1.82) is 0 Å². The highest BCUT2D eigenvalue weighted by Crippen LogP contribution is 2.27. The third-order valence-corrected chi connectivity index (χ3v) is 6.16. The van der Waals surface area contributed by atoms with Crippen molar-refractivity contribution in [3.05, 3.63) is 59.2 Å². The Morgan fingerprint density at radius 2 is 1.76 bits per heavy atom. The number of ether oxygens (including phenoxy) is 1. The van der Waals surface area contributed by atoms with Crippen LogP contribution in [0, 0.1) is 13.8 Å². The molecule has 0 unspecified atom stereocenters. The van der Waals surface area contributed by atoms with Gasteiger partial charge >= 0.3 is 0 Å². The summed E-state index contributed by atoms with van der Waals surface area (Å²) in [5.41, 5.74) is 3.18. The lowest BCUT2D eigenvalue weighted by molar-refractivity contribution is -0.122. The van der Waals surface area contributed by atoms with E-state index >= 15 is 0 Å². The van der Waals surface area contributed by atoms with Gasteiger partial charge in [0.05, 0.1) is 25.1 Å². The Labute approximate surface area is 173 Å². The molecule has 1 N–H and O–H groups in total. The number of methoxy groups -OCH3 is 1. The molecule has 0 spiro atoms. The van der Waals surface area contributed by atoms with E-state index in [-0.39, 0.29) is 11.9 Å². The van der Waals surface area contributed by atoms with Crippen molar-refractivity contribution >= 4 is 21.6 Å². The van der Waals surface area contributed by atoms with Gasteiger partial charge in [0, 0.05) is 0 Å². The number of nitrogens with one attached hydrogen (secondary N) is 1. The first-order valence-electron chi connectivity index (χ1n) is 9.59. The zero-order valence-corrected chi connectivity index (χ0v) is 18.7. The minimum absolute atomic E-state index is 0.226. The molecule has 0 aliphatic heterocycles. The van der Waals surface area contributed by atoms with Crippen LogP contribution in [-0.2, 0) is 14.8 Å². The van der Waals surface area contributed by atoms with E-state index < -0.39 is 16.1 Å². The maximum atomic E-state index is 13.0. The highest BCUT2D eigenvalue weighted by Gasteiger charge is 2.31. The number of nitrogens with zero attached hydrogens (tertiary/aromatic N) is 1. The van der Waals surface area contributed by atoms with Crippen LogP contribution in [0.3, 0.4) is 0 Å². The Morgan fingerprint density at radius 3 is 2.28 bits per heavy atom. The fourth-order valence-corrected chi connectivity index (χ4v) is 4.51. The van der Waals surface area contributed by atoms with E-state index in [1.54, 1.807) is 20.1 Å². The number of rotatable bonds is 8. The molecule has 0 saturated carbocycles. The molecule has 2 atom stereocenters. The smallest absolute Gasteiger partial charge is 0.244 e. The predicted octanol–water partition coefficient (Wildman–Crippen LogP) is 3.73. The molecule has 7 heteroatoms. The van der Waals surface area contributed by atoms with Crippen molar-refractivity contribution in [3.8, 4) is 5.75 Å². The van der Waals surface area contributed by atoms with Crippen molar-refractivity contribution < 1.29 is 17.9 Å². The molecule has 0 heterocycles. The van der Waals surface area contributed by atoms with Gasteiger partial charge in [-0.15, -0.1) is 0 Å². The fourth-order valence-electron chi connectivity index (χ4n) is 3.29. The van der Waals surface area contributed by atoms with Gasteiger partial charge in [-0.2, -0.15) is 0 Å². The zero-order valence-electron chi connectivity index (χ0n) is 17.9. The molecule has 0 fully saturated rings. The van der Waals surface area contributed by atoms with Gasteiger partial charge in [0.25, 0.3) is 0 Å². The number of amides is 1. The normalized spacial score (nSPS) is 13.4. The number of benzene rings is 2. The van der Waals surface area contributed by atoms with Crippen LogP contribution in [0.4, 0.5) is 5.69 Å². The van der Waals surface area contributed by atoms with Crippen LogP contribution in [0.5, 0.6) is 5.75 Å². The molecule has 0 bridgehead atoms. The largest absolute Gasteiger partial charge is 0.497 e. The van der Waals surface area contributed by atoms with E-state index in [2.05, 4.69) is 5.32 Å². The van der Waals surface area contributed by atoms with E-state index in [1.807, 2.05) is 57.2 Å². The number of carbonyl (C=O) groups excluding carboxylic acids is 1. The van der Waals surface area contributed by atoms with E-state index in [1.165, 1.54) is 4.31 Å². The van der Waals surface area contributed by atoms with Crippen LogP contribution in [0.25, 0.3) is 0 Å². The molecule has 0 radical (unpaired) electrons. The minimum Gasteiger partial charge on any atom is -0.497 e. The monoisotopic (exact) mass is 418 g/mol. The van der Waals surface area contributed by atoms with Crippen molar-refractivity contribution in [2.75, 3.05) is 17.7 Å². The molecule has 0 aliphatic rings. The van der Waals surface area contributed by atoms with Gasteiger partial charge in [0.2, 0.25) is 15.9 Å². The lowest BCUT2D eigenvalue weighted by Gasteiger charge is -2.31. The molecule has 1 amide bonds. The first-order chi connectivity index (χ1) is 13.6. The molecule has 0 aliphatic carbocycles. The van der Waals surface area contributed by atoms with Gasteiger partial charge in [0.1, 0.15) is 11.8 Å². The Morgan fingerprint density at radius 1 is 1.14 bits per heavy atom. The Kier molecular flexibility index (Phi) is 7.30. The molecular formula is C22H30N2O4S. The van der Waals surface area contributed by atoms with Crippen LogP contribution in [-0.4, -0.2) is 33.7 Å². The van der Waals surface area contributed by atoms with Crippen LogP contribution in [0.15, 0.2) is 42.5 Å². The molecule has 2 rings (SSSR count). The van der Waals surface area contributed by atoms with Gasteiger partial charge in [-0.1, -0.05) is 31.2 Å². The van der Waals surface area contributed by atoms with Gasteiger partial charge in [-0.25, -0.2) is 8.42 Å². The first kappa shape index (κ1) is 22.7. The average molecular weight is 419 g/mol. The number of carbonyl (C=O) groups is 1. The summed E-state index contributed by atoms with van der Waals surface area (Å²) in [6, 6.07) is 11.9. The maximum Gasteiger partial charge on any atom is 0.244 e. The summed E-state index contributed by atoms with van der Waals surface area (Å²) < 4.78 is 31.5. The van der Waals surface area contributed by atoms with Gasteiger partial charge in [0.15, 0.2) is 0 Å². The second-order valence-corrected chi connectivity index (χ2v) is 9.13. The quantitative estimate of drug-likeness (QED) is 0.709. The molecule has 2 aromatic rings. The number of hydrogen-bond donors (Lipinski definition) is 1. The van der Waals surface area contributed by atoms with Gasteiger partial charge in [-0.05, 0) is 62.1 Å². The summed E-state index contributed by atoms with van der Waals surface area (Å²) in [7, 11) is -2.06. The maximum absolute atomic E-state index is 13.0. The summed E-state index contributed by atoms with van der Waals surface area (Å²) >= 11 is 0. The summed E-state index contributed by atoms with van der Waals surface area (Å²) in [5, 5.41) is 2.99. The van der Waals surface area contributed by atoms with Gasteiger partial charge < -0.3 is 10.1 Å². The summed E-state index contributed by atoms with van der Waals surface area (Å²) in [4.78, 5) is 13.0. The lowest BCUT2D eigenvalue weighted by Crippen LogP contribution is -2.48. The second kappa shape index (κ2) is 9.31. The molecule has 0 saturated heterocycles. The van der Waals surface area contributed by atoms with E-state index in [0.29, 0.717) is 12.1 Å². The molecule has 2 aromatic carbocycles. The molecule has 6 nitrogen and oxygen atoms in total. The average Bonchev–Trinajstić information content (AvgIpc) is 2.67. The molecule has 29 heavy (non-hydrogen) atoms. The summed E-state index contributed by atoms with van der Waals surface area (Å²) in [6.07, 6.45) is 1.80. The number of hydrogen-bond acceptors (Lipinski definition) is 4. The van der Waals surface area contributed by atoms with E-state index in [4.69, 9.17) is 4.74 Å². The van der Waals surface area contributed by atoms with E-state index in [0.717, 1.165) is 28.7 Å². The SMILES string of the molecule is CC[C@@H](NC(=O)[C@@H](C)N(c1cc(C)ccc1C)S(C)(=O)=O)c1ccc(OC)cc1. The second-order valence-electron chi connectivity index (χ2n) is 7.27. The fraction of sp³-hybridized carbons (Fsp3) is 0.409. The van der Waals surface area contributed by atoms with Crippen molar-refractivity contribution in [2.24, 2.45) is 0 Å². The van der Waals surface area contributed by atoms with Crippen LogP contribution in [0.2, 0.25) is 0 Å². The van der Waals surface area contributed by atoms with Crippen molar-refractivity contribution in [1.82, 2.24) is 5.32 Å². The van der Waals surface area contributed by atoms with Crippen LogP contribution < -0.4 is 14.4 Å². The topological polar surface area (TPSA) is 75.7 Å². The lowest BCUT2D eigenvalue weighted by atomic mass is 10.0. The van der Waals surface area contributed by atoms with E-state index in [9.17, 15) is 13.2 Å². The van der Waals surface area contributed by atoms with Crippen LogP contribution in [0.1, 0.15) is 43.0 Å². The standard InChI is InChI=1S/C22H30N2O4S/c1-7-20(18-10-12-19(28-5)13-11-18)23-22(25)17(4)24(29(6,26)27)21-14-15(2)8-9-16(21)3/h8-14,17,20H,7H2,1-6H3,(H,23,25)/t17-,20-/m1/s1. The molecular weight excluding hydrogens is 388 g/mol.